The van der Waals surface area contributed by atoms with Crippen LogP contribution in [-0.4, -0.2) is 119 Å². The smallest absolute Gasteiger partial charge is 0.456 e. The first kappa shape index (κ1) is 65.1. The number of fused-ring (bicyclic) bond motifs is 5. The number of hydrogen-bond donors (Lipinski definition) is 8. The van der Waals surface area contributed by atoms with Crippen LogP contribution in [0.2, 0.25) is 20.1 Å². The summed E-state index contributed by atoms with van der Waals surface area (Å²) < 4.78 is 63.6. The zero-order valence-corrected chi connectivity index (χ0v) is 53.5. The number of phosphoric acid groups is 3. The Labute approximate surface area is 513 Å². The third-order valence-corrected chi connectivity index (χ3v) is 20.8. The number of aromatic amines is 1. The second kappa shape index (κ2) is 24.2. The number of carbonyl (C=O) groups excluding carboxylic acids is 2. The minimum Gasteiger partial charge on any atom is -0.456 e. The van der Waals surface area contributed by atoms with E-state index in [-0.39, 0.29) is 97.2 Å². The van der Waals surface area contributed by atoms with Crippen LogP contribution in [0.4, 0.5) is 11.6 Å². The van der Waals surface area contributed by atoms with Crippen LogP contribution in [0.25, 0.3) is 27.8 Å². The topological polar surface area (TPSA) is 331 Å². The van der Waals surface area contributed by atoms with Crippen LogP contribution in [0.5, 0.6) is 11.5 Å². The lowest BCUT2D eigenvalue weighted by Gasteiger charge is -2.43. The Kier molecular flexibility index (Phi) is 18.3. The standard InChI is InChI=1S/C55H61Cl4N8O16P3/c1-10-66-34-20-37-32(18-30(34)27(3)23-54(66,5)6)43(33-19-31-28(4)24-55(7,8)67(11-2)35(31)21-38(33)80-37)44-45(47(57)49(59)48(58)46(44)56)52(71)64(9)17-13-15-40(69)61-16-12-14-29-25-65(50-42(29)51(70)63-53(60)62-50)41-22-36(68)39(81-41)26-79-85(75,76)83-86(77,78)82-84(72,73)74/h18-21,23-25,36,39,41,68H,10-11,13,15-17,22,26H2,1-9H3,(H7-,60,61,62,63,69,70,72,73,74,75,76,77,78)/p+1/t36-,39+,41+/m0/s1. The Balaban J connectivity index is 0.951. The van der Waals surface area contributed by atoms with Crippen LogP contribution < -0.4 is 41.4 Å². The zero-order valence-electron chi connectivity index (χ0n) is 47.8. The fourth-order valence-corrected chi connectivity index (χ4v) is 15.7. The molecular weight excluding hydrogens is 1260 g/mol. The minimum absolute atomic E-state index is 0.00257. The van der Waals surface area contributed by atoms with Gasteiger partial charge < -0.3 is 59.6 Å². The van der Waals surface area contributed by atoms with Crippen molar-refractivity contribution in [2.24, 2.45) is 0 Å². The number of benzene rings is 3. The van der Waals surface area contributed by atoms with Gasteiger partial charge in [0.1, 0.15) is 30.4 Å². The van der Waals surface area contributed by atoms with Crippen molar-refractivity contribution in [3.63, 3.8) is 0 Å². The molecule has 0 saturated carbocycles. The molecule has 4 aliphatic rings. The Hall–Kier alpha value is -5.38. The first-order valence-corrected chi connectivity index (χ1v) is 32.9. The lowest BCUT2D eigenvalue weighted by molar-refractivity contribution is -0.121. The van der Waals surface area contributed by atoms with Gasteiger partial charge >= 0.3 is 23.5 Å². The number of aliphatic hydroxyl groups excluding tert-OH is 1. The van der Waals surface area contributed by atoms with Crippen molar-refractivity contribution in [3.05, 3.63) is 117 Å². The molecule has 2 amide bonds. The lowest BCUT2D eigenvalue weighted by atomic mass is 9.83. The van der Waals surface area contributed by atoms with Gasteiger partial charge in [-0.25, -0.2) is 18.3 Å². The predicted molar refractivity (Wildman–Crippen MR) is 326 cm³/mol. The summed E-state index contributed by atoms with van der Waals surface area (Å²) in [5.41, 5.74) is 11.0. The summed E-state index contributed by atoms with van der Waals surface area (Å²) in [5.74, 6) is 5.40. The second-order valence-corrected chi connectivity index (χ2v) is 27.9. The van der Waals surface area contributed by atoms with Gasteiger partial charge in [0.15, 0.2) is 11.2 Å². The third-order valence-electron chi connectivity index (χ3n) is 15.2. The molecule has 5 atom stereocenters. The number of rotatable bonds is 17. The van der Waals surface area contributed by atoms with Gasteiger partial charge in [0.25, 0.3) is 11.5 Å². The van der Waals surface area contributed by atoms with Gasteiger partial charge in [-0.2, -0.15) is 13.6 Å². The summed E-state index contributed by atoms with van der Waals surface area (Å²) >= 11 is 28.4. The molecule has 0 bridgehead atoms. The Morgan fingerprint density at radius 1 is 0.942 bits per heavy atom. The normalized spacial score (nSPS) is 19.8. The minimum atomic E-state index is -5.82. The Morgan fingerprint density at radius 2 is 1.63 bits per heavy atom. The SMILES string of the molecule is CCN1c2cc3c(cc2C(C)=CC1(C)C)C(c1c(Cl)c(Cl)c(Cl)c(Cl)c1C(=O)N(C)CCCC(=O)NCC#Cc1cn([C@H]2C[C@H](O)[C@@H](COP(=O)(O)OP(=O)(O)OP(=O)(O)O)O2)c2nc(N)[nH]c(=O)c12)=c1cc2c(cc1O3)=[N+](CC)C(C)(C)C=C2C. The van der Waals surface area contributed by atoms with E-state index in [1.807, 2.05) is 12.1 Å². The van der Waals surface area contributed by atoms with E-state index in [1.165, 1.54) is 15.7 Å². The molecular formula is C55H62Cl4N8O16P3+. The summed E-state index contributed by atoms with van der Waals surface area (Å²) in [6.45, 7) is 17.3. The van der Waals surface area contributed by atoms with Gasteiger partial charge in [0.05, 0.1) is 67.5 Å². The van der Waals surface area contributed by atoms with Crippen LogP contribution in [0, 0.1) is 11.8 Å². The van der Waals surface area contributed by atoms with Crippen molar-refractivity contribution in [2.45, 2.75) is 104 Å². The first-order chi connectivity index (χ1) is 40.1. The number of H-pyrrole nitrogens is 1. The maximum absolute atomic E-state index is 15.1. The number of allylic oxidation sites excluding steroid dienone is 2. The van der Waals surface area contributed by atoms with Gasteiger partial charge in [-0.1, -0.05) is 64.3 Å². The molecule has 5 aromatic rings. The summed E-state index contributed by atoms with van der Waals surface area (Å²) in [4.78, 5) is 89.0. The van der Waals surface area contributed by atoms with Gasteiger partial charge in [-0.15, -0.1) is 0 Å². The highest BCUT2D eigenvalue weighted by molar-refractivity contribution is 7.66. The largest absolute Gasteiger partial charge is 0.490 e. The number of ether oxygens (including phenoxy) is 2. The quantitative estimate of drug-likeness (QED) is 0.0141. The molecule has 1 fully saturated rings. The van der Waals surface area contributed by atoms with Crippen LogP contribution in [-0.2, 0) is 36.4 Å². The molecule has 2 unspecified atom stereocenters. The monoisotopic (exact) mass is 1320 g/mol. The number of likely N-dealkylation sites (N-methyl/N-ethyl adjacent to an activating group) is 2. The van der Waals surface area contributed by atoms with Gasteiger partial charge in [-0.3, -0.25) is 23.9 Å². The number of nitrogens with one attached hydrogen (secondary N) is 2. The van der Waals surface area contributed by atoms with Crippen molar-refractivity contribution in [2.75, 3.05) is 50.5 Å². The number of carbonyl (C=O) groups is 2. The van der Waals surface area contributed by atoms with Crippen LogP contribution >= 0.6 is 69.9 Å². The van der Waals surface area contributed by atoms with E-state index < -0.39 is 65.9 Å². The molecule has 1 saturated heterocycles. The molecule has 6 heterocycles. The number of aliphatic hydroxyl groups is 1. The number of phosphoric ester groups is 1. The van der Waals surface area contributed by atoms with Crippen molar-refractivity contribution in [1.82, 2.24) is 29.3 Å². The number of amides is 2. The zero-order chi connectivity index (χ0) is 63.1. The third kappa shape index (κ3) is 12.9. The fourth-order valence-electron chi connectivity index (χ4n) is 11.7. The molecule has 3 aromatic carbocycles. The molecule has 2 aromatic heterocycles. The average Bonchev–Trinajstić information content (AvgIpc) is 0.937. The number of nitrogen functional groups attached to an aromatic ring is 1. The molecule has 0 radical (unpaired) electrons. The number of aromatic nitrogens is 3. The van der Waals surface area contributed by atoms with Gasteiger partial charge in [-0.05, 0) is 77.3 Å². The summed E-state index contributed by atoms with van der Waals surface area (Å²) in [6.07, 6.45) is 1.73. The molecule has 24 nitrogen and oxygen atoms in total. The number of nitrogens with two attached hydrogens (primary N) is 1. The molecule has 9 rings (SSSR count). The van der Waals surface area contributed by atoms with Gasteiger partial charge in [0.2, 0.25) is 17.2 Å². The molecule has 0 spiro atoms. The summed E-state index contributed by atoms with van der Waals surface area (Å²) in [6, 6.07) is 8.19. The fraction of sp³-hybridized carbons (Fsp3) is 0.400. The van der Waals surface area contributed by atoms with E-state index in [4.69, 9.17) is 71.4 Å². The number of halogens is 4. The van der Waals surface area contributed by atoms with Crippen molar-refractivity contribution in [3.8, 4) is 23.3 Å². The number of nitrogens with zero attached hydrogens (tertiary/aromatic N) is 5. The maximum atomic E-state index is 15.1. The second-order valence-electron chi connectivity index (χ2n) is 22.0. The molecule has 9 N–H and O–H groups in total. The van der Waals surface area contributed by atoms with Crippen LogP contribution in [0.15, 0.2) is 47.4 Å². The van der Waals surface area contributed by atoms with Crippen LogP contribution in [0.1, 0.15) is 119 Å². The maximum Gasteiger partial charge on any atom is 0.490 e. The highest BCUT2D eigenvalue weighted by Gasteiger charge is 2.44. The summed E-state index contributed by atoms with van der Waals surface area (Å²) in [7, 11) is -15.5. The van der Waals surface area contributed by atoms with Crippen molar-refractivity contribution >= 4 is 121 Å². The highest BCUT2D eigenvalue weighted by Crippen LogP contribution is 2.66. The Bertz CT molecular complexity index is 4190. The lowest BCUT2D eigenvalue weighted by Crippen LogP contribution is -2.49. The molecule has 86 heavy (non-hydrogen) atoms. The van der Waals surface area contributed by atoms with Gasteiger partial charge in [0, 0.05) is 97.8 Å². The van der Waals surface area contributed by atoms with Crippen molar-refractivity contribution in [1.29, 1.82) is 0 Å². The van der Waals surface area contributed by atoms with E-state index >= 15 is 4.79 Å². The molecule has 31 heteroatoms. The van der Waals surface area contributed by atoms with Crippen molar-refractivity contribution < 1.29 is 70.6 Å². The van der Waals surface area contributed by atoms with E-state index in [0.717, 1.165) is 33.3 Å². The van der Waals surface area contributed by atoms with Crippen LogP contribution in [0.3, 0.4) is 0 Å². The van der Waals surface area contributed by atoms with E-state index in [9.17, 15) is 38.2 Å². The summed E-state index contributed by atoms with van der Waals surface area (Å²) in [5, 5.41) is 14.8. The Morgan fingerprint density at radius 3 is 2.30 bits per heavy atom. The number of anilines is 2. The molecule has 460 valence electrons. The highest BCUT2D eigenvalue weighted by atomic mass is 35.5. The average molecular weight is 1330 g/mol. The molecule has 4 aliphatic heterocycles. The van der Waals surface area contributed by atoms with E-state index in [0.29, 0.717) is 40.9 Å². The molecule has 0 aliphatic carbocycles. The number of hydrogen-bond acceptors (Lipinski definition) is 15. The predicted octanol–water partition coefficient (Wildman–Crippen LogP) is 8.01. The van der Waals surface area contributed by atoms with E-state index in [1.54, 1.807) is 7.05 Å². The van der Waals surface area contributed by atoms with E-state index in [2.05, 4.69) is 129 Å². The first-order valence-electron chi connectivity index (χ1n) is 26.8.